The molecule has 0 saturated carbocycles. The van der Waals surface area contributed by atoms with Crippen molar-refractivity contribution in [3.05, 3.63) is 54.6 Å². The zero-order valence-corrected chi connectivity index (χ0v) is 24.0. The number of rotatable bonds is 10. The Hall–Kier alpha value is -2.58. The van der Waals surface area contributed by atoms with E-state index >= 15 is 0 Å². The van der Waals surface area contributed by atoms with Crippen LogP contribution in [-0.2, 0) is 14.4 Å². The Balaban J connectivity index is 1.85. The second kappa shape index (κ2) is 10.9. The number of likely N-dealkylation sites (N-methyl/N-ethyl adjacent to an activating group) is 1. The van der Waals surface area contributed by atoms with Crippen molar-refractivity contribution in [3.63, 3.8) is 0 Å². The summed E-state index contributed by atoms with van der Waals surface area (Å²) in [5, 5.41) is 10.4. The lowest BCUT2D eigenvalue weighted by molar-refractivity contribution is -0.145. The highest BCUT2D eigenvalue weighted by molar-refractivity contribution is 8.02. The summed E-state index contributed by atoms with van der Waals surface area (Å²) >= 11 is 1.65. The van der Waals surface area contributed by atoms with Crippen molar-refractivity contribution in [2.24, 2.45) is 17.8 Å². The highest BCUT2D eigenvalue weighted by Gasteiger charge is 2.74. The molecule has 0 aromatic heterocycles. The maximum atomic E-state index is 14.7. The van der Waals surface area contributed by atoms with Gasteiger partial charge in [0.25, 0.3) is 5.91 Å². The van der Waals surface area contributed by atoms with E-state index in [-0.39, 0.29) is 35.5 Å². The second-order valence-electron chi connectivity index (χ2n) is 11.3. The predicted molar refractivity (Wildman–Crippen MR) is 153 cm³/mol. The van der Waals surface area contributed by atoms with Gasteiger partial charge in [0.15, 0.2) is 0 Å². The molecular weight excluding hydrogens is 498 g/mol. The molecule has 0 radical (unpaired) electrons. The molecule has 0 aliphatic carbocycles. The number of hydrogen-bond acceptors (Lipinski definition) is 5. The van der Waals surface area contributed by atoms with Gasteiger partial charge in [0.1, 0.15) is 6.04 Å². The molecule has 2 bridgehead atoms. The molecule has 1 aromatic carbocycles. The van der Waals surface area contributed by atoms with E-state index in [2.05, 4.69) is 13.2 Å². The number of nitrogens with zero attached hydrogens (tertiary/aromatic N) is 3. The van der Waals surface area contributed by atoms with Crippen molar-refractivity contribution in [1.29, 1.82) is 0 Å². The number of aryl methyl sites for hydroxylation is 2. The molecule has 3 saturated heterocycles. The van der Waals surface area contributed by atoms with Crippen LogP contribution in [-0.4, -0.2) is 81.5 Å². The summed E-state index contributed by atoms with van der Waals surface area (Å²) in [5.41, 5.74) is 2.79. The molecule has 8 heteroatoms. The Morgan fingerprint density at radius 1 is 1.21 bits per heavy atom. The molecule has 3 aliphatic rings. The minimum absolute atomic E-state index is 0.0126. The van der Waals surface area contributed by atoms with Crippen molar-refractivity contribution in [3.8, 4) is 0 Å². The Morgan fingerprint density at radius 3 is 2.50 bits per heavy atom. The first-order chi connectivity index (χ1) is 18.0. The third-order valence-electron chi connectivity index (χ3n) is 8.58. The molecule has 1 N–H and O–H groups in total. The average Bonchev–Trinajstić information content (AvgIpc) is 3.51. The van der Waals surface area contributed by atoms with Gasteiger partial charge in [0.2, 0.25) is 11.8 Å². The summed E-state index contributed by atoms with van der Waals surface area (Å²) < 4.78 is -0.715. The van der Waals surface area contributed by atoms with E-state index in [0.29, 0.717) is 19.5 Å². The van der Waals surface area contributed by atoms with E-state index in [0.717, 1.165) is 23.2 Å². The first-order valence-electron chi connectivity index (χ1n) is 13.5. The van der Waals surface area contributed by atoms with Crippen LogP contribution in [0.2, 0.25) is 0 Å². The smallest absolute Gasteiger partial charge is 0.251 e. The number of hydrogen-bond donors (Lipinski definition) is 1. The van der Waals surface area contributed by atoms with Gasteiger partial charge >= 0.3 is 0 Å². The second-order valence-corrected chi connectivity index (χ2v) is 12.9. The lowest BCUT2D eigenvalue weighted by Gasteiger charge is -2.41. The number of amides is 3. The quantitative estimate of drug-likeness (QED) is 0.460. The summed E-state index contributed by atoms with van der Waals surface area (Å²) in [6.07, 6.45) is 4.85. The molecule has 1 spiro atoms. The third kappa shape index (κ3) is 4.39. The molecule has 38 heavy (non-hydrogen) atoms. The SMILES string of the molecule is C=CCN(C)C(=O)[C@@H]1[C@H]2C(=O)N([C@@H](CO)C(C)C)C(C(=O)N(CC=C)c3cc(C)ccc3C)C23CC[C@H]1S3. The number of thioether (sulfide) groups is 1. The zero-order chi connectivity index (χ0) is 27.9. The molecule has 4 rings (SSSR count). The Labute approximate surface area is 230 Å². The molecule has 3 heterocycles. The van der Waals surface area contributed by atoms with Crippen LogP contribution in [0, 0.1) is 31.6 Å². The molecule has 2 unspecified atom stereocenters. The molecule has 3 fully saturated rings. The van der Waals surface area contributed by atoms with Gasteiger partial charge in [-0.2, -0.15) is 0 Å². The highest BCUT2D eigenvalue weighted by Crippen LogP contribution is 2.67. The molecule has 1 aromatic rings. The van der Waals surface area contributed by atoms with Crippen LogP contribution in [0.4, 0.5) is 5.69 Å². The van der Waals surface area contributed by atoms with Crippen molar-refractivity contribution in [2.75, 3.05) is 31.6 Å². The fourth-order valence-corrected chi connectivity index (χ4v) is 8.95. The van der Waals surface area contributed by atoms with Gasteiger partial charge in [-0.25, -0.2) is 0 Å². The van der Waals surface area contributed by atoms with Gasteiger partial charge in [0.05, 0.1) is 29.2 Å². The number of aliphatic hydroxyl groups excluding tert-OH is 1. The number of carbonyl (C=O) groups excluding carboxylic acids is 3. The van der Waals surface area contributed by atoms with Gasteiger partial charge in [-0.15, -0.1) is 24.9 Å². The largest absolute Gasteiger partial charge is 0.394 e. The zero-order valence-electron chi connectivity index (χ0n) is 23.2. The van der Waals surface area contributed by atoms with Crippen molar-refractivity contribution >= 4 is 35.2 Å². The topological polar surface area (TPSA) is 81.2 Å². The average molecular weight is 540 g/mol. The van der Waals surface area contributed by atoms with Crippen LogP contribution < -0.4 is 4.90 Å². The first-order valence-corrected chi connectivity index (χ1v) is 14.4. The van der Waals surface area contributed by atoms with Crippen molar-refractivity contribution in [1.82, 2.24) is 9.80 Å². The van der Waals surface area contributed by atoms with Gasteiger partial charge in [-0.05, 0) is 49.8 Å². The standard InChI is InChI=1S/C30H41N3O4S/c1-8-14-31(7)27(35)24-23-12-13-30(38-23)25(24)28(36)33(22(17-34)18(3)4)26(30)29(37)32(15-9-2)21-16-19(5)10-11-20(21)6/h8-11,16,18,22-26,34H,1-2,12-15,17H2,3-7H3/t22-,23+,24-,25-,26?,30?/m0/s1. The predicted octanol–water partition coefficient (Wildman–Crippen LogP) is 3.57. The van der Waals surface area contributed by atoms with Crippen LogP contribution in [0.1, 0.15) is 37.8 Å². The number of aliphatic hydroxyl groups is 1. The highest BCUT2D eigenvalue weighted by atomic mass is 32.2. The normalized spacial score (nSPS) is 28.4. The van der Waals surface area contributed by atoms with Crippen LogP contribution in [0.25, 0.3) is 0 Å². The van der Waals surface area contributed by atoms with Crippen molar-refractivity contribution in [2.45, 2.75) is 62.6 Å². The van der Waals surface area contributed by atoms with E-state index in [4.69, 9.17) is 0 Å². The van der Waals surface area contributed by atoms with E-state index in [1.807, 2.05) is 45.9 Å². The molecule has 3 amide bonds. The maximum absolute atomic E-state index is 14.7. The summed E-state index contributed by atoms with van der Waals surface area (Å²) in [5.74, 6) is -1.59. The van der Waals surface area contributed by atoms with Gasteiger partial charge in [-0.1, -0.05) is 38.1 Å². The van der Waals surface area contributed by atoms with Crippen LogP contribution in [0.5, 0.6) is 0 Å². The Morgan fingerprint density at radius 2 is 1.89 bits per heavy atom. The van der Waals surface area contributed by atoms with E-state index < -0.39 is 28.7 Å². The molecule has 3 aliphatic heterocycles. The lowest BCUT2D eigenvalue weighted by Crippen LogP contribution is -2.58. The van der Waals surface area contributed by atoms with E-state index in [1.54, 1.807) is 45.7 Å². The summed E-state index contributed by atoms with van der Waals surface area (Å²) in [4.78, 5) is 47.7. The third-order valence-corrected chi connectivity index (χ3v) is 10.5. The number of benzene rings is 1. The minimum Gasteiger partial charge on any atom is -0.394 e. The number of anilines is 1. The fourth-order valence-electron chi connectivity index (χ4n) is 6.76. The van der Waals surface area contributed by atoms with Gasteiger partial charge in [-0.3, -0.25) is 14.4 Å². The molecule has 7 nitrogen and oxygen atoms in total. The Kier molecular flexibility index (Phi) is 8.15. The monoisotopic (exact) mass is 539 g/mol. The minimum atomic E-state index is -0.781. The fraction of sp³-hybridized carbons (Fsp3) is 0.567. The number of carbonyl (C=O) groups is 3. The Bertz CT molecular complexity index is 1140. The molecule has 6 atom stereocenters. The van der Waals surface area contributed by atoms with Gasteiger partial charge in [0, 0.05) is 31.1 Å². The summed E-state index contributed by atoms with van der Waals surface area (Å²) in [7, 11) is 1.74. The van der Waals surface area contributed by atoms with E-state index in [1.165, 1.54) is 0 Å². The lowest BCUT2D eigenvalue weighted by atomic mass is 9.70. The number of likely N-dealkylation sites (tertiary alicyclic amines) is 1. The van der Waals surface area contributed by atoms with Crippen LogP contribution in [0.3, 0.4) is 0 Å². The van der Waals surface area contributed by atoms with Crippen LogP contribution in [0.15, 0.2) is 43.5 Å². The first kappa shape index (κ1) is 28.4. The van der Waals surface area contributed by atoms with E-state index in [9.17, 15) is 19.5 Å². The molecular formula is C30H41N3O4S. The van der Waals surface area contributed by atoms with Crippen molar-refractivity contribution < 1.29 is 19.5 Å². The summed E-state index contributed by atoms with van der Waals surface area (Å²) in [6.45, 7) is 16.0. The molecule has 206 valence electrons. The maximum Gasteiger partial charge on any atom is 0.251 e. The van der Waals surface area contributed by atoms with Crippen LogP contribution >= 0.6 is 11.8 Å². The summed E-state index contributed by atoms with van der Waals surface area (Å²) in [6, 6.07) is 4.70. The van der Waals surface area contributed by atoms with Gasteiger partial charge < -0.3 is 19.8 Å². The number of fused-ring (bicyclic) bond motifs is 1.